The minimum absolute atomic E-state index is 0.0815. The predicted octanol–water partition coefficient (Wildman–Crippen LogP) is 1.99. The number of aromatic nitrogens is 1. The Morgan fingerprint density at radius 1 is 1.38 bits per heavy atom. The van der Waals surface area contributed by atoms with Crippen LogP contribution >= 0.6 is 0 Å². The molecule has 0 atom stereocenters. The van der Waals surface area contributed by atoms with Gasteiger partial charge >= 0.3 is 6.18 Å². The normalized spacial score (nSPS) is 12.1. The first-order valence-electron chi connectivity index (χ1n) is 3.95. The van der Waals surface area contributed by atoms with E-state index in [1.54, 1.807) is 6.92 Å². The highest BCUT2D eigenvalue weighted by molar-refractivity contribution is 5.27. The lowest BCUT2D eigenvalue weighted by molar-refractivity contribution is -0.138. The van der Waals surface area contributed by atoms with E-state index in [9.17, 15) is 13.2 Å². The number of aryl methyl sites for hydroxylation is 1. The monoisotopic (exact) mass is 192 g/mol. The van der Waals surface area contributed by atoms with Crippen molar-refractivity contribution in [1.82, 2.24) is 4.57 Å². The van der Waals surface area contributed by atoms with Crippen molar-refractivity contribution < 1.29 is 13.2 Å². The van der Waals surface area contributed by atoms with Crippen molar-refractivity contribution in [2.45, 2.75) is 26.2 Å². The predicted molar refractivity (Wildman–Crippen MR) is 43.0 cm³/mol. The molecule has 0 saturated heterocycles. The van der Waals surface area contributed by atoms with Crippen molar-refractivity contribution in [3.05, 3.63) is 23.5 Å². The van der Waals surface area contributed by atoms with Crippen molar-refractivity contribution >= 4 is 0 Å². The molecule has 74 valence electrons. The Hall–Kier alpha value is -0.970. The van der Waals surface area contributed by atoms with Gasteiger partial charge in [0.25, 0.3) is 0 Å². The molecule has 1 rings (SSSR count). The number of hydrogen-bond acceptors (Lipinski definition) is 1. The number of nitrogens with zero attached hydrogens (tertiary/aromatic N) is 1. The quantitative estimate of drug-likeness (QED) is 0.763. The first kappa shape index (κ1) is 10.1. The summed E-state index contributed by atoms with van der Waals surface area (Å²) in [5.41, 5.74) is 4.72. The van der Waals surface area contributed by atoms with E-state index in [0.717, 1.165) is 6.20 Å². The van der Waals surface area contributed by atoms with Crippen LogP contribution in [0, 0.1) is 0 Å². The first-order chi connectivity index (χ1) is 5.99. The van der Waals surface area contributed by atoms with Crippen LogP contribution in [0.25, 0.3) is 0 Å². The zero-order valence-corrected chi connectivity index (χ0v) is 7.23. The summed E-state index contributed by atoms with van der Waals surface area (Å²) in [7, 11) is 0. The van der Waals surface area contributed by atoms with E-state index in [1.165, 1.54) is 10.8 Å². The van der Waals surface area contributed by atoms with Crippen LogP contribution in [0.4, 0.5) is 13.2 Å². The Morgan fingerprint density at radius 2 is 2.00 bits per heavy atom. The molecular formula is C8H11F3N2. The molecule has 2 N–H and O–H groups in total. The fourth-order valence-electron chi connectivity index (χ4n) is 1.16. The summed E-state index contributed by atoms with van der Waals surface area (Å²) in [6, 6.07) is 0. The summed E-state index contributed by atoms with van der Waals surface area (Å²) in [5.74, 6) is 0. The van der Waals surface area contributed by atoms with Gasteiger partial charge in [0.2, 0.25) is 0 Å². The van der Waals surface area contributed by atoms with Crippen LogP contribution in [0.3, 0.4) is 0 Å². The summed E-state index contributed by atoms with van der Waals surface area (Å²) in [6.45, 7) is 2.21. The van der Waals surface area contributed by atoms with Gasteiger partial charge in [-0.2, -0.15) is 13.2 Å². The lowest BCUT2D eigenvalue weighted by Gasteiger charge is -2.05. The Morgan fingerprint density at radius 3 is 2.31 bits per heavy atom. The standard InChI is InChI=1S/C8H11F3N2/c1-2-13-4-6(3-12)7(5-13)8(9,10)11/h4-5H,2-3,12H2,1H3. The average molecular weight is 192 g/mol. The average Bonchev–Trinajstić information content (AvgIpc) is 2.46. The highest BCUT2D eigenvalue weighted by Gasteiger charge is 2.34. The second-order valence-electron chi connectivity index (χ2n) is 2.73. The molecule has 0 aliphatic rings. The third kappa shape index (κ3) is 2.03. The minimum Gasteiger partial charge on any atom is -0.354 e. The van der Waals surface area contributed by atoms with E-state index in [1.807, 2.05) is 0 Å². The number of halogens is 3. The van der Waals surface area contributed by atoms with Gasteiger partial charge in [-0.05, 0) is 12.5 Å². The molecule has 5 heteroatoms. The number of rotatable bonds is 2. The van der Waals surface area contributed by atoms with E-state index >= 15 is 0 Å². The molecule has 1 aromatic rings. The molecule has 0 aromatic carbocycles. The number of hydrogen-bond donors (Lipinski definition) is 1. The molecule has 2 nitrogen and oxygen atoms in total. The molecule has 0 amide bonds. The molecular weight excluding hydrogens is 181 g/mol. The van der Waals surface area contributed by atoms with E-state index in [2.05, 4.69) is 0 Å². The zero-order valence-electron chi connectivity index (χ0n) is 7.23. The van der Waals surface area contributed by atoms with Crippen LogP contribution < -0.4 is 5.73 Å². The molecule has 0 aliphatic carbocycles. The van der Waals surface area contributed by atoms with Gasteiger partial charge in [0, 0.05) is 25.5 Å². The van der Waals surface area contributed by atoms with Crippen LogP contribution in [-0.4, -0.2) is 4.57 Å². The molecule has 0 spiro atoms. The Kier molecular flexibility index (Phi) is 2.66. The minimum atomic E-state index is -4.30. The fourth-order valence-corrected chi connectivity index (χ4v) is 1.16. The van der Waals surface area contributed by atoms with Gasteiger partial charge in [-0.1, -0.05) is 0 Å². The Labute approximate surface area is 74.1 Å². The SMILES string of the molecule is CCn1cc(CN)c(C(F)(F)F)c1. The van der Waals surface area contributed by atoms with Gasteiger partial charge in [0.05, 0.1) is 5.56 Å². The lowest BCUT2D eigenvalue weighted by Crippen LogP contribution is -2.09. The largest absolute Gasteiger partial charge is 0.418 e. The van der Waals surface area contributed by atoms with Crippen molar-refractivity contribution in [3.8, 4) is 0 Å². The summed E-state index contributed by atoms with van der Waals surface area (Å²) in [5, 5.41) is 0. The topological polar surface area (TPSA) is 30.9 Å². The third-order valence-electron chi connectivity index (χ3n) is 1.85. The van der Waals surface area contributed by atoms with Crippen LogP contribution in [-0.2, 0) is 19.3 Å². The van der Waals surface area contributed by atoms with Crippen molar-refractivity contribution in [1.29, 1.82) is 0 Å². The smallest absolute Gasteiger partial charge is 0.354 e. The summed E-state index contributed by atoms with van der Waals surface area (Å²) in [4.78, 5) is 0. The Bertz CT molecular complexity index is 288. The van der Waals surface area contributed by atoms with E-state index < -0.39 is 11.7 Å². The number of alkyl halides is 3. The Balaban J connectivity index is 3.11. The highest BCUT2D eigenvalue weighted by atomic mass is 19.4. The van der Waals surface area contributed by atoms with Crippen molar-refractivity contribution in [2.75, 3.05) is 0 Å². The van der Waals surface area contributed by atoms with Crippen LogP contribution in [0.1, 0.15) is 18.1 Å². The molecule has 0 fully saturated rings. The second-order valence-corrected chi connectivity index (χ2v) is 2.73. The zero-order chi connectivity index (χ0) is 10.1. The van der Waals surface area contributed by atoms with E-state index in [-0.39, 0.29) is 12.1 Å². The van der Waals surface area contributed by atoms with Crippen LogP contribution in [0.15, 0.2) is 12.4 Å². The molecule has 0 saturated carbocycles. The molecule has 0 unspecified atom stereocenters. The maximum Gasteiger partial charge on any atom is 0.418 e. The van der Waals surface area contributed by atoms with Gasteiger partial charge in [-0.15, -0.1) is 0 Å². The molecule has 1 heterocycles. The first-order valence-corrected chi connectivity index (χ1v) is 3.95. The highest BCUT2D eigenvalue weighted by Crippen LogP contribution is 2.32. The van der Waals surface area contributed by atoms with Gasteiger partial charge in [0.1, 0.15) is 0 Å². The van der Waals surface area contributed by atoms with E-state index in [0.29, 0.717) is 6.54 Å². The van der Waals surface area contributed by atoms with Gasteiger partial charge < -0.3 is 10.3 Å². The van der Waals surface area contributed by atoms with Crippen molar-refractivity contribution in [3.63, 3.8) is 0 Å². The molecule has 0 radical (unpaired) electrons. The molecule has 1 aromatic heterocycles. The van der Waals surface area contributed by atoms with Crippen molar-refractivity contribution in [2.24, 2.45) is 5.73 Å². The third-order valence-corrected chi connectivity index (χ3v) is 1.85. The maximum atomic E-state index is 12.3. The summed E-state index contributed by atoms with van der Waals surface area (Å²) in [6.07, 6.45) is -1.78. The number of nitrogens with two attached hydrogens (primary N) is 1. The van der Waals surface area contributed by atoms with Gasteiger partial charge in [-0.3, -0.25) is 0 Å². The van der Waals surface area contributed by atoms with Crippen LogP contribution in [0.2, 0.25) is 0 Å². The second kappa shape index (κ2) is 3.41. The van der Waals surface area contributed by atoms with E-state index in [4.69, 9.17) is 5.73 Å². The maximum absolute atomic E-state index is 12.3. The molecule has 0 aliphatic heterocycles. The summed E-state index contributed by atoms with van der Waals surface area (Å²) >= 11 is 0. The molecule has 0 bridgehead atoms. The molecule has 13 heavy (non-hydrogen) atoms. The van der Waals surface area contributed by atoms with Crippen LogP contribution in [0.5, 0.6) is 0 Å². The lowest BCUT2D eigenvalue weighted by atomic mass is 10.2. The van der Waals surface area contributed by atoms with Gasteiger partial charge in [-0.25, -0.2) is 0 Å². The van der Waals surface area contributed by atoms with Gasteiger partial charge in [0.15, 0.2) is 0 Å². The fraction of sp³-hybridized carbons (Fsp3) is 0.500. The summed E-state index contributed by atoms with van der Waals surface area (Å²) < 4.78 is 38.4.